The molecule has 4 aromatic rings. The Labute approximate surface area is 172 Å². The fraction of sp³-hybridized carbons (Fsp3) is 0.200. The van der Waals surface area contributed by atoms with Gasteiger partial charge in [-0.05, 0) is 32.9 Å². The summed E-state index contributed by atoms with van der Waals surface area (Å²) in [5.74, 6) is -0.397. The van der Waals surface area contributed by atoms with E-state index < -0.39 is 15.8 Å². The molecule has 0 fully saturated rings. The van der Waals surface area contributed by atoms with E-state index in [1.54, 1.807) is 12.1 Å². The lowest BCUT2D eigenvalue weighted by Crippen LogP contribution is -2.13. The van der Waals surface area contributed by atoms with Crippen LogP contribution in [0.1, 0.15) is 19.4 Å². The predicted molar refractivity (Wildman–Crippen MR) is 111 cm³/mol. The van der Waals surface area contributed by atoms with E-state index in [4.69, 9.17) is 0 Å². The van der Waals surface area contributed by atoms with Gasteiger partial charge in [0.15, 0.2) is 23.1 Å². The highest BCUT2D eigenvalue weighted by atomic mass is 32.2. The zero-order valence-electron chi connectivity index (χ0n) is 16.5. The number of aromatic nitrogens is 5. The van der Waals surface area contributed by atoms with Crippen LogP contribution in [0.2, 0.25) is 0 Å². The van der Waals surface area contributed by atoms with Gasteiger partial charge in [0, 0.05) is 29.4 Å². The Hall–Kier alpha value is -3.40. The molecule has 0 aliphatic carbocycles. The van der Waals surface area contributed by atoms with E-state index in [0.29, 0.717) is 10.9 Å². The molecule has 1 N–H and O–H groups in total. The quantitative estimate of drug-likeness (QED) is 0.522. The van der Waals surface area contributed by atoms with Gasteiger partial charge in [-0.1, -0.05) is 17.7 Å². The van der Waals surface area contributed by atoms with E-state index in [-0.39, 0.29) is 28.2 Å². The van der Waals surface area contributed by atoms with Crippen molar-refractivity contribution in [3.8, 4) is 11.4 Å². The summed E-state index contributed by atoms with van der Waals surface area (Å²) in [5.41, 5.74) is 1.51. The largest absolute Gasteiger partial charge is 0.365 e. The second-order valence-electron chi connectivity index (χ2n) is 7.11. The van der Waals surface area contributed by atoms with E-state index in [1.807, 2.05) is 20.8 Å². The van der Waals surface area contributed by atoms with Crippen LogP contribution in [0.5, 0.6) is 0 Å². The maximum Gasteiger partial charge on any atom is 0.269 e. The molecule has 1 aromatic carbocycles. The first kappa shape index (κ1) is 19.9. The summed E-state index contributed by atoms with van der Waals surface area (Å²) in [6, 6.07) is 6.48. The number of rotatable bonds is 5. The molecule has 4 rings (SSSR count). The first-order chi connectivity index (χ1) is 14.3. The standard InChI is InChI=1S/C20H19FN6O2S/c1-12(2)25-19-17(21)9-23-18(26-19)16-10-27(20-15(16)8-22-11-24-20)30(28,29)14-6-4-13(3)5-7-14/h4-12H,1-3H3,(H,23,25,26). The Morgan fingerprint density at radius 3 is 2.53 bits per heavy atom. The number of hydrogen-bond donors (Lipinski definition) is 1. The Bertz CT molecular complexity index is 1330. The first-order valence-corrected chi connectivity index (χ1v) is 10.6. The van der Waals surface area contributed by atoms with Gasteiger partial charge in [0.2, 0.25) is 0 Å². The van der Waals surface area contributed by atoms with Crippen LogP contribution in [0.3, 0.4) is 0 Å². The third-order valence-corrected chi connectivity index (χ3v) is 6.09. The van der Waals surface area contributed by atoms with E-state index in [1.165, 1.54) is 30.9 Å². The van der Waals surface area contributed by atoms with Crippen molar-refractivity contribution in [2.75, 3.05) is 5.32 Å². The normalized spacial score (nSPS) is 11.9. The molecule has 0 atom stereocenters. The van der Waals surface area contributed by atoms with Crippen molar-refractivity contribution in [2.24, 2.45) is 0 Å². The molecule has 30 heavy (non-hydrogen) atoms. The van der Waals surface area contributed by atoms with Gasteiger partial charge < -0.3 is 5.32 Å². The number of halogens is 1. The number of benzene rings is 1. The zero-order valence-corrected chi connectivity index (χ0v) is 17.4. The van der Waals surface area contributed by atoms with Crippen molar-refractivity contribution in [3.63, 3.8) is 0 Å². The summed E-state index contributed by atoms with van der Waals surface area (Å²) in [5, 5.41) is 3.36. The number of nitrogens with zero attached hydrogens (tertiary/aromatic N) is 5. The molecule has 10 heteroatoms. The van der Waals surface area contributed by atoms with Gasteiger partial charge in [-0.3, -0.25) is 0 Å². The van der Waals surface area contributed by atoms with Gasteiger partial charge in [-0.2, -0.15) is 0 Å². The van der Waals surface area contributed by atoms with Crippen LogP contribution in [0.25, 0.3) is 22.4 Å². The minimum atomic E-state index is -3.93. The average molecular weight is 426 g/mol. The molecule has 0 bridgehead atoms. The van der Waals surface area contributed by atoms with Crippen LogP contribution in [0.4, 0.5) is 10.2 Å². The Kier molecular flexibility index (Phi) is 4.94. The molecule has 0 saturated carbocycles. The van der Waals surface area contributed by atoms with Crippen LogP contribution < -0.4 is 5.32 Å². The molecule has 3 heterocycles. The highest BCUT2D eigenvalue weighted by Gasteiger charge is 2.24. The summed E-state index contributed by atoms with van der Waals surface area (Å²) in [4.78, 5) is 16.6. The van der Waals surface area contributed by atoms with Gasteiger partial charge in [-0.25, -0.2) is 36.7 Å². The molecule has 0 amide bonds. The topological polar surface area (TPSA) is 103 Å². The van der Waals surface area contributed by atoms with Crippen molar-refractivity contribution >= 4 is 26.9 Å². The summed E-state index contributed by atoms with van der Waals surface area (Å²) in [6.07, 6.45) is 5.20. The smallest absolute Gasteiger partial charge is 0.269 e. The van der Waals surface area contributed by atoms with Crippen LogP contribution in [-0.2, 0) is 10.0 Å². The van der Waals surface area contributed by atoms with E-state index in [2.05, 4.69) is 25.3 Å². The molecule has 154 valence electrons. The molecular weight excluding hydrogens is 407 g/mol. The van der Waals surface area contributed by atoms with Crippen molar-refractivity contribution in [3.05, 3.63) is 60.6 Å². The van der Waals surface area contributed by atoms with Gasteiger partial charge in [0.05, 0.1) is 11.1 Å². The van der Waals surface area contributed by atoms with Crippen molar-refractivity contribution in [1.82, 2.24) is 23.9 Å². The third kappa shape index (κ3) is 3.50. The van der Waals surface area contributed by atoms with Crippen LogP contribution in [0.15, 0.2) is 54.1 Å². The minimum Gasteiger partial charge on any atom is -0.365 e. The summed E-state index contributed by atoms with van der Waals surface area (Å²) in [7, 11) is -3.93. The van der Waals surface area contributed by atoms with Gasteiger partial charge in [0.1, 0.15) is 6.33 Å². The van der Waals surface area contributed by atoms with Gasteiger partial charge in [0.25, 0.3) is 10.0 Å². The predicted octanol–water partition coefficient (Wildman–Crippen LogP) is 3.39. The Balaban J connectivity index is 1.91. The maximum atomic E-state index is 14.1. The monoisotopic (exact) mass is 426 g/mol. The fourth-order valence-corrected chi connectivity index (χ4v) is 4.32. The minimum absolute atomic E-state index is 0.0362. The zero-order chi connectivity index (χ0) is 21.5. The molecule has 0 aliphatic heterocycles. The van der Waals surface area contributed by atoms with Gasteiger partial charge >= 0.3 is 0 Å². The lowest BCUT2D eigenvalue weighted by Gasteiger charge is -2.10. The van der Waals surface area contributed by atoms with Gasteiger partial charge in [-0.15, -0.1) is 0 Å². The Morgan fingerprint density at radius 2 is 1.83 bits per heavy atom. The second-order valence-corrected chi connectivity index (χ2v) is 8.92. The van der Waals surface area contributed by atoms with E-state index in [9.17, 15) is 12.8 Å². The summed E-state index contributed by atoms with van der Waals surface area (Å²) >= 11 is 0. The maximum absolute atomic E-state index is 14.1. The average Bonchev–Trinajstić information content (AvgIpc) is 3.10. The third-order valence-electron chi connectivity index (χ3n) is 4.42. The summed E-state index contributed by atoms with van der Waals surface area (Å²) < 4.78 is 41.7. The molecule has 0 spiro atoms. The number of fused-ring (bicyclic) bond motifs is 1. The molecule has 0 saturated heterocycles. The van der Waals surface area contributed by atoms with E-state index >= 15 is 0 Å². The molecule has 0 aliphatic rings. The number of hydrogen-bond acceptors (Lipinski definition) is 7. The molecule has 3 aromatic heterocycles. The lowest BCUT2D eigenvalue weighted by atomic mass is 10.2. The molecule has 0 radical (unpaired) electrons. The lowest BCUT2D eigenvalue weighted by molar-refractivity contribution is 0.588. The fourth-order valence-electron chi connectivity index (χ4n) is 2.99. The SMILES string of the molecule is Cc1ccc(S(=O)(=O)n2cc(-c3ncc(F)c(NC(C)C)n3)c3cncnc32)cc1. The van der Waals surface area contributed by atoms with Crippen LogP contribution >= 0.6 is 0 Å². The molecule has 8 nitrogen and oxygen atoms in total. The number of aryl methyl sites for hydroxylation is 1. The molecule has 0 unspecified atom stereocenters. The van der Waals surface area contributed by atoms with Crippen molar-refractivity contribution in [2.45, 2.75) is 31.7 Å². The van der Waals surface area contributed by atoms with Crippen molar-refractivity contribution in [1.29, 1.82) is 0 Å². The first-order valence-electron chi connectivity index (χ1n) is 9.20. The highest BCUT2D eigenvalue weighted by molar-refractivity contribution is 7.90. The highest BCUT2D eigenvalue weighted by Crippen LogP contribution is 2.30. The summed E-state index contributed by atoms with van der Waals surface area (Å²) in [6.45, 7) is 5.59. The Morgan fingerprint density at radius 1 is 1.10 bits per heavy atom. The van der Waals surface area contributed by atoms with Crippen molar-refractivity contribution < 1.29 is 12.8 Å². The van der Waals surface area contributed by atoms with E-state index in [0.717, 1.165) is 15.7 Å². The molecular formula is C20H19FN6O2S. The second kappa shape index (κ2) is 7.45. The van der Waals surface area contributed by atoms with Crippen LogP contribution in [-0.4, -0.2) is 38.4 Å². The number of anilines is 1. The van der Waals surface area contributed by atoms with Crippen LogP contribution in [0, 0.1) is 12.7 Å². The number of nitrogens with one attached hydrogen (secondary N) is 1.